The van der Waals surface area contributed by atoms with Crippen LogP contribution < -0.4 is 5.73 Å². The van der Waals surface area contributed by atoms with E-state index < -0.39 is 5.72 Å². The summed E-state index contributed by atoms with van der Waals surface area (Å²) in [7, 11) is 0. The molecule has 2 heterocycles. The first-order chi connectivity index (χ1) is 7.73. The number of benzene rings is 1. The minimum absolute atomic E-state index is 0.554. The summed E-state index contributed by atoms with van der Waals surface area (Å²) in [6.45, 7) is 2.66. The summed E-state index contributed by atoms with van der Waals surface area (Å²) >= 11 is 0. The molecule has 0 aromatic heterocycles. The highest BCUT2D eigenvalue weighted by molar-refractivity contribution is 6.03. The van der Waals surface area contributed by atoms with Crippen molar-refractivity contribution in [3.8, 4) is 0 Å². The third-order valence-corrected chi connectivity index (χ3v) is 3.19. The number of nitrogens with two attached hydrogens (primary N) is 1. The number of hydrogen-bond acceptors (Lipinski definition) is 4. The van der Waals surface area contributed by atoms with E-state index in [1.807, 2.05) is 25.1 Å². The van der Waals surface area contributed by atoms with Gasteiger partial charge >= 0.3 is 0 Å². The van der Waals surface area contributed by atoms with Gasteiger partial charge in [0, 0.05) is 17.5 Å². The fraction of sp³-hybridized carbons (Fsp3) is 0.417. The molecule has 1 atom stereocenters. The number of hydrogen-bond donors (Lipinski definition) is 1. The first-order valence-corrected chi connectivity index (χ1v) is 5.49. The molecule has 1 spiro atoms. The third-order valence-electron chi connectivity index (χ3n) is 3.19. The van der Waals surface area contributed by atoms with E-state index in [1.54, 1.807) is 0 Å². The molecule has 16 heavy (non-hydrogen) atoms. The van der Waals surface area contributed by atoms with E-state index >= 15 is 0 Å². The minimum Gasteiger partial charge on any atom is -0.383 e. The summed E-state index contributed by atoms with van der Waals surface area (Å²) in [5.74, 6) is 0.554. The van der Waals surface area contributed by atoms with Crippen molar-refractivity contribution in [1.82, 2.24) is 0 Å². The van der Waals surface area contributed by atoms with E-state index in [4.69, 9.17) is 15.5 Å². The Labute approximate surface area is 94.0 Å². The maximum absolute atomic E-state index is 5.97. The Balaban J connectivity index is 2.17. The molecule has 0 aliphatic carbocycles. The van der Waals surface area contributed by atoms with Gasteiger partial charge in [-0.1, -0.05) is 18.2 Å². The Morgan fingerprint density at radius 2 is 2.31 bits per heavy atom. The molecule has 84 valence electrons. The summed E-state index contributed by atoms with van der Waals surface area (Å²) in [4.78, 5) is 15.0. The predicted molar refractivity (Wildman–Crippen MR) is 59.9 cm³/mol. The standard InChI is InChI=1S/C12H14N2O2/c1-8-4-2-5-9-10(8)11(13)14-12(9)6-3-7-15-16-12/h2,4-5H,3,6-7H2,1H3,(H2,13,14). The minimum atomic E-state index is -0.691. The van der Waals surface area contributed by atoms with Crippen LogP contribution in [0, 0.1) is 6.92 Å². The van der Waals surface area contributed by atoms with Crippen molar-refractivity contribution < 1.29 is 9.78 Å². The van der Waals surface area contributed by atoms with Crippen LogP contribution in [0.3, 0.4) is 0 Å². The van der Waals surface area contributed by atoms with E-state index in [2.05, 4.69) is 4.99 Å². The molecule has 4 heteroatoms. The van der Waals surface area contributed by atoms with Crippen molar-refractivity contribution in [2.75, 3.05) is 6.61 Å². The van der Waals surface area contributed by atoms with E-state index in [0.29, 0.717) is 12.4 Å². The van der Waals surface area contributed by atoms with Crippen molar-refractivity contribution in [2.45, 2.75) is 25.5 Å². The number of aliphatic imine (C=N–C) groups is 1. The van der Waals surface area contributed by atoms with Crippen molar-refractivity contribution in [3.63, 3.8) is 0 Å². The van der Waals surface area contributed by atoms with Crippen molar-refractivity contribution in [3.05, 3.63) is 34.9 Å². The maximum Gasteiger partial charge on any atom is 0.221 e. The topological polar surface area (TPSA) is 56.8 Å². The lowest BCUT2D eigenvalue weighted by Crippen LogP contribution is -2.30. The molecule has 0 amide bonds. The van der Waals surface area contributed by atoms with Crippen LogP contribution >= 0.6 is 0 Å². The van der Waals surface area contributed by atoms with Gasteiger partial charge in [-0.05, 0) is 18.9 Å². The smallest absolute Gasteiger partial charge is 0.221 e. The second-order valence-electron chi connectivity index (χ2n) is 4.29. The van der Waals surface area contributed by atoms with E-state index in [0.717, 1.165) is 29.5 Å². The second-order valence-corrected chi connectivity index (χ2v) is 4.29. The number of amidine groups is 1. The average molecular weight is 218 g/mol. The Morgan fingerprint density at radius 3 is 3.06 bits per heavy atom. The second kappa shape index (κ2) is 3.30. The molecule has 3 rings (SSSR count). The van der Waals surface area contributed by atoms with E-state index in [-0.39, 0.29) is 0 Å². The fourth-order valence-electron chi connectivity index (χ4n) is 2.45. The van der Waals surface area contributed by atoms with Gasteiger partial charge < -0.3 is 5.73 Å². The monoisotopic (exact) mass is 218 g/mol. The summed E-state index contributed by atoms with van der Waals surface area (Å²) in [6, 6.07) is 6.05. The van der Waals surface area contributed by atoms with Gasteiger partial charge in [-0.15, -0.1) is 0 Å². The van der Waals surface area contributed by atoms with E-state index in [1.165, 1.54) is 0 Å². The highest BCUT2D eigenvalue weighted by Crippen LogP contribution is 2.42. The molecule has 2 N–H and O–H groups in total. The lowest BCUT2D eigenvalue weighted by molar-refractivity contribution is -0.386. The first-order valence-electron chi connectivity index (χ1n) is 5.49. The Morgan fingerprint density at radius 1 is 1.44 bits per heavy atom. The van der Waals surface area contributed by atoms with Crippen LogP contribution in [0.1, 0.15) is 29.5 Å². The summed E-state index contributed by atoms with van der Waals surface area (Å²) in [5, 5.41) is 0. The normalized spacial score (nSPS) is 27.9. The van der Waals surface area contributed by atoms with Crippen molar-refractivity contribution in [2.24, 2.45) is 10.7 Å². The lowest BCUT2D eigenvalue weighted by atomic mass is 9.93. The highest BCUT2D eigenvalue weighted by Gasteiger charge is 2.43. The third kappa shape index (κ3) is 1.20. The summed E-state index contributed by atoms with van der Waals surface area (Å²) in [6.07, 6.45) is 1.76. The van der Waals surface area contributed by atoms with E-state index in [9.17, 15) is 0 Å². The molecule has 4 nitrogen and oxygen atoms in total. The molecule has 2 aliphatic heterocycles. The van der Waals surface area contributed by atoms with Crippen LogP contribution in [0.4, 0.5) is 0 Å². The lowest BCUT2D eigenvalue weighted by Gasteiger charge is -2.29. The van der Waals surface area contributed by atoms with Gasteiger partial charge in [0.05, 0.1) is 6.61 Å². The van der Waals surface area contributed by atoms with Crippen LogP contribution in [-0.4, -0.2) is 12.4 Å². The Kier molecular flexibility index (Phi) is 2.02. The maximum atomic E-state index is 5.97. The van der Waals surface area contributed by atoms with Gasteiger partial charge in [0.15, 0.2) is 0 Å². The highest BCUT2D eigenvalue weighted by atomic mass is 17.2. The fourth-order valence-corrected chi connectivity index (χ4v) is 2.45. The predicted octanol–water partition coefficient (Wildman–Crippen LogP) is 1.61. The van der Waals surface area contributed by atoms with Gasteiger partial charge in [0.25, 0.3) is 0 Å². The Bertz CT molecular complexity index is 462. The summed E-state index contributed by atoms with van der Waals surface area (Å²) < 4.78 is 0. The molecule has 2 aliphatic rings. The number of fused-ring (bicyclic) bond motifs is 2. The van der Waals surface area contributed by atoms with Crippen LogP contribution in [-0.2, 0) is 15.5 Å². The number of rotatable bonds is 0. The molecule has 1 aromatic rings. The SMILES string of the molecule is Cc1cccc2c1C(N)=NC21CCCOO1. The summed E-state index contributed by atoms with van der Waals surface area (Å²) in [5.41, 5.74) is 8.45. The van der Waals surface area contributed by atoms with Crippen molar-refractivity contribution >= 4 is 5.84 Å². The molecule has 0 radical (unpaired) electrons. The quantitative estimate of drug-likeness (QED) is 0.673. The van der Waals surface area contributed by atoms with Crippen LogP contribution in [0.2, 0.25) is 0 Å². The molecular weight excluding hydrogens is 204 g/mol. The molecule has 0 bridgehead atoms. The molecule has 1 aromatic carbocycles. The van der Waals surface area contributed by atoms with Gasteiger partial charge in [0.1, 0.15) is 5.84 Å². The molecular formula is C12H14N2O2. The molecule has 1 fully saturated rings. The van der Waals surface area contributed by atoms with Gasteiger partial charge in [-0.2, -0.15) is 0 Å². The zero-order chi connectivity index (χ0) is 11.2. The van der Waals surface area contributed by atoms with Crippen LogP contribution in [0.25, 0.3) is 0 Å². The zero-order valence-corrected chi connectivity index (χ0v) is 9.19. The van der Waals surface area contributed by atoms with Gasteiger partial charge in [0.2, 0.25) is 5.72 Å². The largest absolute Gasteiger partial charge is 0.383 e. The Hall–Kier alpha value is -1.39. The van der Waals surface area contributed by atoms with Crippen LogP contribution in [0.5, 0.6) is 0 Å². The first kappa shape index (κ1) is 9.81. The molecule has 0 saturated carbocycles. The molecule has 1 saturated heterocycles. The molecule has 1 unspecified atom stereocenters. The van der Waals surface area contributed by atoms with Crippen molar-refractivity contribution in [1.29, 1.82) is 0 Å². The zero-order valence-electron chi connectivity index (χ0n) is 9.19. The average Bonchev–Trinajstić information content (AvgIpc) is 2.55. The number of nitrogens with zero attached hydrogens (tertiary/aromatic N) is 1. The number of aryl methyl sites for hydroxylation is 1. The van der Waals surface area contributed by atoms with Crippen LogP contribution in [0.15, 0.2) is 23.2 Å². The van der Waals surface area contributed by atoms with Gasteiger partial charge in [-0.25, -0.2) is 14.8 Å². The van der Waals surface area contributed by atoms with Gasteiger partial charge in [-0.3, -0.25) is 0 Å².